The highest BCUT2D eigenvalue weighted by Gasteiger charge is 2.38. The van der Waals surface area contributed by atoms with Gasteiger partial charge < -0.3 is 14.9 Å². The van der Waals surface area contributed by atoms with Gasteiger partial charge in [-0.3, -0.25) is 14.3 Å². The Hall–Kier alpha value is -3.65. The number of hydrogen-bond donors (Lipinski definition) is 1. The van der Waals surface area contributed by atoms with Crippen LogP contribution in [0.15, 0.2) is 41.3 Å². The summed E-state index contributed by atoms with van der Waals surface area (Å²) >= 11 is 6.84. The summed E-state index contributed by atoms with van der Waals surface area (Å²) in [5.41, 5.74) is 3.84. The van der Waals surface area contributed by atoms with Crippen LogP contribution in [-0.4, -0.2) is 45.8 Å². The molecule has 2 aliphatic rings. The standard InChI is InChI=1S/C31H33ClFN5O2/c1-16(2)25-27(18(4)11-12-34-25)38-30-20(13-21(32)26(35-30)24-22(33)7-6-8-23(24)39)28-29(31(38)40)36(5)15-19-10-9-17(3)14-37(19)28/h6-8,11-13,16-17,19,39H,9-10,14-15H2,1-5H3/t17-,19+/m0/s1. The van der Waals surface area contributed by atoms with Gasteiger partial charge in [0.05, 0.1) is 33.3 Å². The van der Waals surface area contributed by atoms with E-state index in [9.17, 15) is 9.90 Å². The highest BCUT2D eigenvalue weighted by Crippen LogP contribution is 2.45. The van der Waals surface area contributed by atoms with E-state index in [0.29, 0.717) is 28.3 Å². The molecule has 1 aromatic carbocycles. The van der Waals surface area contributed by atoms with Crippen molar-refractivity contribution < 1.29 is 9.50 Å². The molecule has 1 saturated heterocycles. The Bertz CT molecular complexity index is 1700. The molecule has 3 aromatic heterocycles. The van der Waals surface area contributed by atoms with Crippen LogP contribution in [0.3, 0.4) is 0 Å². The Morgan fingerprint density at radius 1 is 1.12 bits per heavy atom. The normalized spacial score (nSPS) is 18.8. The van der Waals surface area contributed by atoms with Crippen LogP contribution in [0.5, 0.6) is 5.75 Å². The number of nitrogens with zero attached hydrogens (tertiary/aromatic N) is 5. The molecule has 208 valence electrons. The van der Waals surface area contributed by atoms with Crippen LogP contribution in [0.1, 0.15) is 50.8 Å². The molecule has 6 rings (SSSR count). The lowest BCUT2D eigenvalue weighted by Gasteiger charge is -2.47. The third kappa shape index (κ3) is 4.03. The first-order valence-corrected chi connectivity index (χ1v) is 14.2. The molecule has 0 unspecified atom stereocenters. The van der Waals surface area contributed by atoms with Gasteiger partial charge in [-0.05, 0) is 61.4 Å². The van der Waals surface area contributed by atoms with E-state index >= 15 is 4.39 Å². The summed E-state index contributed by atoms with van der Waals surface area (Å²) in [5, 5.41) is 11.5. The highest BCUT2D eigenvalue weighted by molar-refractivity contribution is 6.34. The lowest BCUT2D eigenvalue weighted by Crippen LogP contribution is -2.54. The Labute approximate surface area is 237 Å². The van der Waals surface area contributed by atoms with Crippen molar-refractivity contribution in [1.29, 1.82) is 0 Å². The number of rotatable bonds is 3. The average molecular weight is 562 g/mol. The number of aryl methyl sites for hydroxylation is 1. The Morgan fingerprint density at radius 2 is 1.90 bits per heavy atom. The first kappa shape index (κ1) is 26.6. The number of aromatic nitrogens is 3. The van der Waals surface area contributed by atoms with Gasteiger partial charge in [-0.25, -0.2) is 9.37 Å². The fourth-order valence-corrected chi connectivity index (χ4v) is 6.63. The number of aromatic hydroxyl groups is 1. The molecule has 4 aromatic rings. The second kappa shape index (κ2) is 9.77. The molecule has 40 heavy (non-hydrogen) atoms. The monoisotopic (exact) mass is 561 g/mol. The molecule has 5 heterocycles. The van der Waals surface area contributed by atoms with Gasteiger partial charge in [0.2, 0.25) is 0 Å². The fraction of sp³-hybridized carbons (Fsp3) is 0.387. The number of piperidine rings is 1. The second-order valence-corrected chi connectivity index (χ2v) is 12.0. The first-order valence-electron chi connectivity index (χ1n) is 13.8. The van der Waals surface area contributed by atoms with E-state index in [4.69, 9.17) is 16.6 Å². The van der Waals surface area contributed by atoms with E-state index < -0.39 is 5.82 Å². The molecule has 0 bridgehead atoms. The summed E-state index contributed by atoms with van der Waals surface area (Å²) in [5.74, 6) is -0.423. The lowest BCUT2D eigenvalue weighted by atomic mass is 9.90. The van der Waals surface area contributed by atoms with Gasteiger partial charge in [-0.15, -0.1) is 0 Å². The SMILES string of the molecule is Cc1ccnc(C(C)C)c1-n1c(=O)c2c(c3cc(Cl)c(-c4c(O)cccc4F)nc31)N1C[C@@H](C)CC[C@@H]1CN2C. The lowest BCUT2D eigenvalue weighted by molar-refractivity contribution is 0.371. The molecule has 0 radical (unpaired) electrons. The molecule has 0 amide bonds. The zero-order valence-electron chi connectivity index (χ0n) is 23.4. The van der Waals surface area contributed by atoms with Crippen molar-refractivity contribution in [3.05, 3.63) is 69.0 Å². The minimum Gasteiger partial charge on any atom is -0.507 e. The zero-order valence-corrected chi connectivity index (χ0v) is 24.1. The van der Waals surface area contributed by atoms with E-state index in [2.05, 4.69) is 21.7 Å². The largest absolute Gasteiger partial charge is 0.507 e. The third-order valence-electron chi connectivity index (χ3n) is 8.30. The van der Waals surface area contributed by atoms with Crippen LogP contribution < -0.4 is 15.4 Å². The van der Waals surface area contributed by atoms with Crippen molar-refractivity contribution in [2.75, 3.05) is 29.9 Å². The molecule has 2 aliphatic heterocycles. The summed E-state index contributed by atoms with van der Waals surface area (Å²) < 4.78 is 16.7. The van der Waals surface area contributed by atoms with Gasteiger partial charge in [0.1, 0.15) is 17.3 Å². The minimum absolute atomic E-state index is 0.0281. The predicted octanol–water partition coefficient (Wildman–Crippen LogP) is 6.43. The van der Waals surface area contributed by atoms with Crippen molar-refractivity contribution in [3.8, 4) is 22.7 Å². The molecule has 0 spiro atoms. The topological polar surface area (TPSA) is 74.5 Å². The maximum Gasteiger partial charge on any atom is 0.282 e. The number of likely N-dealkylation sites (N-methyl/N-ethyl adjacent to an activating group) is 1. The summed E-state index contributed by atoms with van der Waals surface area (Å²) in [6.45, 7) is 9.82. The summed E-state index contributed by atoms with van der Waals surface area (Å²) in [6, 6.07) is 8.00. The van der Waals surface area contributed by atoms with Crippen molar-refractivity contribution >= 4 is 34.0 Å². The molecule has 2 atom stereocenters. The van der Waals surface area contributed by atoms with Crippen molar-refractivity contribution in [2.24, 2.45) is 5.92 Å². The van der Waals surface area contributed by atoms with E-state index in [0.717, 1.165) is 42.9 Å². The van der Waals surface area contributed by atoms with E-state index in [-0.39, 0.29) is 39.5 Å². The first-order chi connectivity index (χ1) is 19.1. The number of pyridine rings is 3. The van der Waals surface area contributed by atoms with Crippen LogP contribution in [0, 0.1) is 18.7 Å². The smallest absolute Gasteiger partial charge is 0.282 e. The molecular weight excluding hydrogens is 529 g/mol. The van der Waals surface area contributed by atoms with E-state index in [1.165, 1.54) is 18.2 Å². The summed E-state index contributed by atoms with van der Waals surface area (Å²) in [7, 11) is 1.96. The van der Waals surface area contributed by atoms with Crippen molar-refractivity contribution in [3.63, 3.8) is 0 Å². The van der Waals surface area contributed by atoms with Gasteiger partial charge in [0, 0.05) is 37.8 Å². The number of anilines is 2. The zero-order chi connectivity index (χ0) is 28.5. The maximum atomic E-state index is 15.1. The number of hydrogen-bond acceptors (Lipinski definition) is 6. The maximum absolute atomic E-state index is 15.1. The van der Waals surface area contributed by atoms with E-state index in [1.54, 1.807) is 16.8 Å². The van der Waals surface area contributed by atoms with Gasteiger partial charge in [-0.1, -0.05) is 38.4 Å². The Morgan fingerprint density at radius 3 is 2.62 bits per heavy atom. The predicted molar refractivity (Wildman–Crippen MR) is 159 cm³/mol. The second-order valence-electron chi connectivity index (χ2n) is 11.5. The minimum atomic E-state index is -0.648. The van der Waals surface area contributed by atoms with Gasteiger partial charge in [0.25, 0.3) is 5.56 Å². The Balaban J connectivity index is 1.80. The molecule has 1 fully saturated rings. The molecule has 0 aliphatic carbocycles. The van der Waals surface area contributed by atoms with Gasteiger partial charge >= 0.3 is 0 Å². The summed E-state index contributed by atoms with van der Waals surface area (Å²) in [4.78, 5) is 28.6. The van der Waals surface area contributed by atoms with Gasteiger partial charge in [0.15, 0.2) is 5.65 Å². The molecule has 1 N–H and O–H groups in total. The molecule has 9 heteroatoms. The van der Waals surface area contributed by atoms with Crippen LogP contribution >= 0.6 is 11.6 Å². The van der Waals surface area contributed by atoms with Crippen LogP contribution in [0.4, 0.5) is 15.8 Å². The fourth-order valence-electron chi connectivity index (χ4n) is 6.38. The highest BCUT2D eigenvalue weighted by atomic mass is 35.5. The van der Waals surface area contributed by atoms with E-state index in [1.807, 2.05) is 33.9 Å². The number of phenols is 1. The van der Waals surface area contributed by atoms with Crippen LogP contribution in [0.25, 0.3) is 28.0 Å². The number of fused-ring (bicyclic) bond motifs is 5. The molecule has 0 saturated carbocycles. The van der Waals surface area contributed by atoms with Crippen molar-refractivity contribution in [2.45, 2.75) is 52.5 Å². The Kier molecular flexibility index (Phi) is 6.49. The molecular formula is C31H33ClFN5O2. The van der Waals surface area contributed by atoms with Gasteiger partial charge in [-0.2, -0.15) is 0 Å². The average Bonchev–Trinajstić information content (AvgIpc) is 2.89. The molecule has 7 nitrogen and oxygen atoms in total. The van der Waals surface area contributed by atoms with Crippen molar-refractivity contribution in [1.82, 2.24) is 14.5 Å². The van der Waals surface area contributed by atoms with Crippen LogP contribution in [-0.2, 0) is 0 Å². The quantitative estimate of drug-likeness (QED) is 0.310. The summed E-state index contributed by atoms with van der Waals surface area (Å²) in [6.07, 6.45) is 3.90. The number of phenolic OH excluding ortho intramolecular Hbond substituents is 1. The number of halogens is 2. The van der Waals surface area contributed by atoms with Crippen LogP contribution in [0.2, 0.25) is 5.02 Å². The number of benzene rings is 1. The third-order valence-corrected chi connectivity index (χ3v) is 8.59.